The van der Waals surface area contributed by atoms with E-state index in [4.69, 9.17) is 14.9 Å². The Balaban J connectivity index is 2.44. The molecule has 1 aromatic rings. The Morgan fingerprint density at radius 1 is 1.29 bits per heavy atom. The van der Waals surface area contributed by atoms with Gasteiger partial charge in [0.1, 0.15) is 11.5 Å². The van der Waals surface area contributed by atoms with Crippen LogP contribution in [0, 0.1) is 0 Å². The SMILES string of the molecule is O=C(CCCO)Oc1ccc(O)cc1. The Morgan fingerprint density at radius 3 is 2.50 bits per heavy atom. The number of phenols is 1. The highest BCUT2D eigenvalue weighted by molar-refractivity contribution is 5.72. The van der Waals surface area contributed by atoms with E-state index in [0.29, 0.717) is 12.2 Å². The standard InChI is InChI=1S/C10H12O4/c11-7-1-2-10(13)14-9-5-3-8(12)4-6-9/h3-6,11-12H,1-2,7H2. The minimum atomic E-state index is -0.385. The predicted octanol–water partition coefficient (Wildman–Crippen LogP) is 1.07. The molecule has 0 aromatic heterocycles. The van der Waals surface area contributed by atoms with Crippen LogP contribution in [0.15, 0.2) is 24.3 Å². The first-order chi connectivity index (χ1) is 6.72. The normalized spacial score (nSPS) is 9.79. The summed E-state index contributed by atoms with van der Waals surface area (Å²) in [5.74, 6) is 0.135. The Bertz CT molecular complexity index is 291. The van der Waals surface area contributed by atoms with Crippen LogP contribution in [0.2, 0.25) is 0 Å². The lowest BCUT2D eigenvalue weighted by atomic mass is 10.3. The Morgan fingerprint density at radius 2 is 1.93 bits per heavy atom. The molecule has 0 saturated heterocycles. The Hall–Kier alpha value is -1.55. The lowest BCUT2D eigenvalue weighted by molar-refractivity contribution is -0.134. The van der Waals surface area contributed by atoms with Crippen molar-refractivity contribution in [2.45, 2.75) is 12.8 Å². The third-order valence-corrected chi connectivity index (χ3v) is 1.61. The van der Waals surface area contributed by atoms with Gasteiger partial charge in [-0.2, -0.15) is 0 Å². The van der Waals surface area contributed by atoms with E-state index in [9.17, 15) is 4.79 Å². The summed E-state index contributed by atoms with van der Waals surface area (Å²) in [6, 6.07) is 5.89. The molecule has 0 heterocycles. The minimum absolute atomic E-state index is 0.0231. The third-order valence-electron chi connectivity index (χ3n) is 1.61. The van der Waals surface area contributed by atoms with Gasteiger partial charge in [0.2, 0.25) is 0 Å². The quantitative estimate of drug-likeness (QED) is 0.558. The number of phenolic OH excluding ortho intramolecular Hbond substituents is 1. The predicted molar refractivity (Wildman–Crippen MR) is 50.1 cm³/mol. The van der Waals surface area contributed by atoms with E-state index in [2.05, 4.69) is 0 Å². The van der Waals surface area contributed by atoms with E-state index in [1.807, 2.05) is 0 Å². The molecule has 1 rings (SSSR count). The minimum Gasteiger partial charge on any atom is -0.508 e. The molecule has 0 fully saturated rings. The number of hydrogen-bond donors (Lipinski definition) is 2. The molecule has 4 heteroatoms. The van der Waals surface area contributed by atoms with Gasteiger partial charge in [0.15, 0.2) is 0 Å². The molecule has 0 aliphatic rings. The van der Waals surface area contributed by atoms with E-state index < -0.39 is 0 Å². The lowest BCUT2D eigenvalue weighted by Crippen LogP contribution is -2.08. The second-order valence-electron chi connectivity index (χ2n) is 2.80. The summed E-state index contributed by atoms with van der Waals surface area (Å²) in [6.07, 6.45) is 0.592. The number of hydrogen-bond acceptors (Lipinski definition) is 4. The van der Waals surface area contributed by atoms with Gasteiger partial charge < -0.3 is 14.9 Å². The first-order valence-corrected chi connectivity index (χ1v) is 4.33. The average molecular weight is 196 g/mol. The molecule has 76 valence electrons. The van der Waals surface area contributed by atoms with Gasteiger partial charge in [-0.1, -0.05) is 0 Å². The Kier molecular flexibility index (Phi) is 3.94. The zero-order valence-corrected chi connectivity index (χ0v) is 7.64. The monoisotopic (exact) mass is 196 g/mol. The van der Waals surface area contributed by atoms with Crippen molar-refractivity contribution in [3.8, 4) is 11.5 Å². The number of esters is 1. The average Bonchev–Trinajstić information content (AvgIpc) is 2.18. The topological polar surface area (TPSA) is 66.8 Å². The van der Waals surface area contributed by atoms with Crippen LogP contribution in [0.1, 0.15) is 12.8 Å². The van der Waals surface area contributed by atoms with Crippen molar-refractivity contribution in [1.82, 2.24) is 0 Å². The van der Waals surface area contributed by atoms with Crippen molar-refractivity contribution >= 4 is 5.97 Å². The van der Waals surface area contributed by atoms with Gasteiger partial charge in [-0.05, 0) is 30.7 Å². The maximum Gasteiger partial charge on any atom is 0.311 e. The van der Waals surface area contributed by atoms with Crippen LogP contribution in [0.25, 0.3) is 0 Å². The van der Waals surface area contributed by atoms with Crippen molar-refractivity contribution in [3.05, 3.63) is 24.3 Å². The molecule has 0 saturated carbocycles. The summed E-state index contributed by atoms with van der Waals surface area (Å²) < 4.78 is 4.91. The van der Waals surface area contributed by atoms with Gasteiger partial charge >= 0.3 is 5.97 Å². The van der Waals surface area contributed by atoms with E-state index >= 15 is 0 Å². The molecule has 4 nitrogen and oxygen atoms in total. The summed E-state index contributed by atoms with van der Waals surface area (Å²) in [4.78, 5) is 11.1. The number of carbonyl (C=O) groups excluding carboxylic acids is 1. The maximum atomic E-state index is 11.1. The zero-order chi connectivity index (χ0) is 10.4. The second-order valence-corrected chi connectivity index (χ2v) is 2.80. The van der Waals surface area contributed by atoms with Crippen LogP contribution >= 0.6 is 0 Å². The van der Waals surface area contributed by atoms with Gasteiger partial charge in [0, 0.05) is 13.0 Å². The fourth-order valence-corrected chi connectivity index (χ4v) is 0.920. The van der Waals surface area contributed by atoms with Crippen molar-refractivity contribution < 1.29 is 19.7 Å². The number of carbonyl (C=O) groups is 1. The first kappa shape index (κ1) is 10.5. The molecule has 2 N–H and O–H groups in total. The van der Waals surface area contributed by atoms with Crippen LogP contribution in [0.4, 0.5) is 0 Å². The van der Waals surface area contributed by atoms with Crippen LogP contribution in [-0.4, -0.2) is 22.8 Å². The summed E-state index contributed by atoms with van der Waals surface area (Å²) in [6.45, 7) is -0.0231. The number of aliphatic hydroxyl groups excluding tert-OH is 1. The molecular weight excluding hydrogens is 184 g/mol. The first-order valence-electron chi connectivity index (χ1n) is 4.33. The highest BCUT2D eigenvalue weighted by Gasteiger charge is 2.03. The van der Waals surface area contributed by atoms with Gasteiger partial charge in [-0.15, -0.1) is 0 Å². The summed E-state index contributed by atoms with van der Waals surface area (Å²) in [7, 11) is 0. The van der Waals surface area contributed by atoms with E-state index in [-0.39, 0.29) is 24.7 Å². The highest BCUT2D eigenvalue weighted by Crippen LogP contribution is 2.16. The molecule has 0 amide bonds. The smallest absolute Gasteiger partial charge is 0.311 e. The second kappa shape index (κ2) is 5.24. The molecule has 0 bridgehead atoms. The van der Waals surface area contributed by atoms with Gasteiger partial charge in [0.05, 0.1) is 0 Å². The summed E-state index contributed by atoms with van der Waals surface area (Å²) in [5.41, 5.74) is 0. The lowest BCUT2D eigenvalue weighted by Gasteiger charge is -2.02. The molecule has 0 aliphatic heterocycles. The summed E-state index contributed by atoms with van der Waals surface area (Å²) >= 11 is 0. The fraction of sp³-hybridized carbons (Fsp3) is 0.300. The molecule has 0 unspecified atom stereocenters. The molecular formula is C10H12O4. The van der Waals surface area contributed by atoms with Crippen LogP contribution < -0.4 is 4.74 Å². The molecule has 14 heavy (non-hydrogen) atoms. The van der Waals surface area contributed by atoms with E-state index in [1.54, 1.807) is 0 Å². The number of ether oxygens (including phenoxy) is 1. The largest absolute Gasteiger partial charge is 0.508 e. The highest BCUT2D eigenvalue weighted by atomic mass is 16.5. The molecule has 1 aromatic carbocycles. The third kappa shape index (κ3) is 3.45. The van der Waals surface area contributed by atoms with E-state index in [0.717, 1.165) is 0 Å². The Labute approximate surface area is 81.8 Å². The maximum absolute atomic E-state index is 11.1. The van der Waals surface area contributed by atoms with Crippen molar-refractivity contribution in [2.75, 3.05) is 6.61 Å². The van der Waals surface area contributed by atoms with Crippen LogP contribution in [0.3, 0.4) is 0 Å². The van der Waals surface area contributed by atoms with Gasteiger partial charge in [0.25, 0.3) is 0 Å². The molecule has 0 aliphatic carbocycles. The van der Waals surface area contributed by atoms with Gasteiger partial charge in [-0.25, -0.2) is 0 Å². The van der Waals surface area contributed by atoms with E-state index in [1.165, 1.54) is 24.3 Å². The number of aromatic hydroxyl groups is 1. The van der Waals surface area contributed by atoms with Crippen molar-refractivity contribution in [1.29, 1.82) is 0 Å². The number of rotatable bonds is 4. The summed E-state index contributed by atoms with van der Waals surface area (Å²) in [5, 5.41) is 17.4. The molecule has 0 radical (unpaired) electrons. The van der Waals surface area contributed by atoms with Gasteiger partial charge in [-0.3, -0.25) is 4.79 Å². The molecule has 0 atom stereocenters. The van der Waals surface area contributed by atoms with Crippen LogP contribution in [-0.2, 0) is 4.79 Å². The van der Waals surface area contributed by atoms with Crippen molar-refractivity contribution in [3.63, 3.8) is 0 Å². The molecule has 0 spiro atoms. The van der Waals surface area contributed by atoms with Crippen molar-refractivity contribution in [2.24, 2.45) is 0 Å². The fourth-order valence-electron chi connectivity index (χ4n) is 0.920. The number of aliphatic hydroxyl groups is 1. The number of benzene rings is 1. The van der Waals surface area contributed by atoms with Crippen LogP contribution in [0.5, 0.6) is 11.5 Å². The zero-order valence-electron chi connectivity index (χ0n) is 7.64.